The molecule has 70 heavy (non-hydrogen) atoms. The van der Waals surface area contributed by atoms with E-state index in [9.17, 15) is 72.0 Å². The number of rotatable bonds is 9. The van der Waals surface area contributed by atoms with E-state index in [-0.39, 0.29) is 159 Å². The molecule has 5 aromatic carbocycles. The van der Waals surface area contributed by atoms with Crippen molar-refractivity contribution in [1.29, 1.82) is 0 Å². The number of aromatic carboxylic acids is 1. The first kappa shape index (κ1) is 64.2. The summed E-state index contributed by atoms with van der Waals surface area (Å²) in [7, 11) is -20.5. The Balaban J connectivity index is 0.00000336. The second-order valence-electron chi connectivity index (χ2n) is 12.9. The first-order chi connectivity index (χ1) is 30.1. The molecule has 0 spiro atoms. The summed E-state index contributed by atoms with van der Waals surface area (Å²) in [5.41, 5.74) is -3.79. The molecular formula is C33H17Cl2N10Na5O16S4. The number of carboxylic acid groups (broad SMARTS) is 1. The summed E-state index contributed by atoms with van der Waals surface area (Å²) in [6, 6.07) is 8.39. The minimum absolute atomic E-state index is 0. The molecule has 0 aliphatic carbocycles. The Labute approximate surface area is 512 Å². The third kappa shape index (κ3) is 15.6. The summed E-state index contributed by atoms with van der Waals surface area (Å²) < 4.78 is 138. The van der Waals surface area contributed by atoms with Crippen LogP contribution in [0.1, 0.15) is 10.4 Å². The molecule has 0 unspecified atom stereocenters. The Morgan fingerprint density at radius 1 is 0.514 bits per heavy atom. The average molecular weight is 1120 g/mol. The summed E-state index contributed by atoms with van der Waals surface area (Å²) in [6.07, 6.45) is 0. The fourth-order valence-corrected chi connectivity index (χ4v) is 8.33. The second-order valence-corrected chi connectivity index (χ2v) is 19.2. The Morgan fingerprint density at radius 2 is 0.857 bits per heavy atom. The molecule has 2 aromatic heterocycles. The van der Waals surface area contributed by atoms with Gasteiger partial charge in [0, 0.05) is 5.56 Å². The van der Waals surface area contributed by atoms with Crippen molar-refractivity contribution in [2.24, 2.45) is 20.0 Å². The molecule has 0 saturated heterocycles. The van der Waals surface area contributed by atoms with E-state index >= 15 is 0 Å². The van der Waals surface area contributed by atoms with Crippen molar-refractivity contribution in [2.45, 2.75) is 19.6 Å². The summed E-state index contributed by atoms with van der Waals surface area (Å²) in [5, 5.41) is 35.5. The van der Waals surface area contributed by atoms with Gasteiger partial charge in [0.1, 0.15) is 20.2 Å². The number of nitrogens with one attached hydrogen (secondary N) is 4. The number of nitrogens with zero attached hydrogens (tertiary/aromatic N) is 6. The maximum Gasteiger partial charge on any atom is 1.00 e. The van der Waals surface area contributed by atoms with Gasteiger partial charge in [-0.25, -0.2) is 36.8 Å². The zero-order valence-electron chi connectivity index (χ0n) is 36.0. The molecule has 0 bridgehead atoms. The fraction of sp³-hybridized carbons (Fsp3) is 0. The molecule has 0 amide bonds. The number of aromatic amines is 4. The normalized spacial score (nSPS) is 12.9. The van der Waals surface area contributed by atoms with Gasteiger partial charge in [-0.1, -0.05) is 11.5 Å². The summed E-state index contributed by atoms with van der Waals surface area (Å²) in [4.78, 5) is 42.7. The molecule has 37 heteroatoms. The zero-order chi connectivity index (χ0) is 47.6. The van der Waals surface area contributed by atoms with Crippen molar-refractivity contribution in [2.75, 3.05) is 0 Å². The first-order valence-corrected chi connectivity index (χ1v) is 23.3. The van der Waals surface area contributed by atoms with E-state index in [1.807, 2.05) is 0 Å². The number of halogens is 2. The van der Waals surface area contributed by atoms with E-state index < -0.39 is 149 Å². The van der Waals surface area contributed by atoms with Crippen molar-refractivity contribution in [3.05, 3.63) is 105 Å². The quantitative estimate of drug-likeness (QED) is 0.0577. The van der Waals surface area contributed by atoms with Gasteiger partial charge < -0.3 is 39.2 Å². The standard InChI is InChI=1S/C33H22Cl2N10O16S4.5Na/c34-28-40-30(44-32(42-28)38-21-8-17(62(50,51)52)3-12-5-19(64(56,57)58)10-23(46)25(12)21)36-15-1-14(27(48)49)2-16(7-15)37-31-41-29(35)43-33(45-31)39-22-9-18(63(53,54)55)4-13-6-20(65(59,60)61)11-24(47)26(13)22;;;;;/h1-11,46-47H,(H,48,49)(H,50,51,52)(H,53,54,55)(H,56,57,58)(H,59,60,61)(H2,36,38,40,42,44)(H2,37,39,41,43,45);;;;;/q;5*+1/p-5. The number of hydrogen-bond acceptors (Lipinski definition) is 20. The maximum absolute atomic E-state index is 13.0. The largest absolute Gasteiger partial charge is 1.00 e. The van der Waals surface area contributed by atoms with Gasteiger partial charge in [0.2, 0.25) is 33.0 Å². The topological polar surface area (TPSA) is 448 Å². The maximum atomic E-state index is 13.0. The molecule has 0 fully saturated rings. The molecule has 7 aromatic rings. The SMILES string of the molecule is O=C([O-])c1cc(N=c2nc(Cl)[nH]c(=Nc3cc(S(=O)(=O)[O-])cc4cc(S(=O)(=O)O)cc([O-])c34)[nH]2)cc(N=c2nc(Cl)[nH]c(=Nc3cc(S(=O)(=O)[O-])cc4cc(S(=O)(=O)O)cc([O-])c34)[nH]2)c1.[Na+].[Na+].[Na+].[Na+].[Na+]. The summed E-state index contributed by atoms with van der Waals surface area (Å²) in [5.74, 6) is -3.88. The Hall–Kier alpha value is -1.87. The van der Waals surface area contributed by atoms with E-state index in [2.05, 4.69) is 49.9 Å². The smallest absolute Gasteiger partial charge is 0.872 e. The minimum Gasteiger partial charge on any atom is -0.872 e. The predicted molar refractivity (Wildman–Crippen MR) is 210 cm³/mol. The number of fused-ring (bicyclic) bond motifs is 2. The molecule has 0 aliphatic rings. The number of hydrogen-bond donors (Lipinski definition) is 6. The third-order valence-electron chi connectivity index (χ3n) is 8.44. The van der Waals surface area contributed by atoms with Crippen LogP contribution in [0.5, 0.6) is 11.5 Å². The van der Waals surface area contributed by atoms with Gasteiger partial charge in [-0.2, -0.15) is 26.8 Å². The molecule has 0 radical (unpaired) electrons. The van der Waals surface area contributed by atoms with E-state index in [1.165, 1.54) is 0 Å². The monoisotopic (exact) mass is 1120 g/mol. The van der Waals surface area contributed by atoms with Crippen LogP contribution in [-0.2, 0) is 40.5 Å². The molecule has 2 heterocycles. The van der Waals surface area contributed by atoms with Crippen LogP contribution in [0.3, 0.4) is 0 Å². The van der Waals surface area contributed by atoms with Crippen molar-refractivity contribution in [3.8, 4) is 11.5 Å². The van der Waals surface area contributed by atoms with Gasteiger partial charge in [-0.15, -0.1) is 0 Å². The van der Waals surface area contributed by atoms with Crippen LogP contribution in [0.2, 0.25) is 10.6 Å². The Kier molecular flexibility index (Phi) is 22.6. The van der Waals surface area contributed by atoms with Crippen molar-refractivity contribution in [3.63, 3.8) is 0 Å². The predicted octanol–water partition coefficient (Wildman–Crippen LogP) is -15.8. The van der Waals surface area contributed by atoms with E-state index in [1.54, 1.807) is 0 Å². The number of carboxylic acids is 1. The fourth-order valence-electron chi connectivity index (χ4n) is 5.88. The van der Waals surface area contributed by atoms with Crippen LogP contribution in [0, 0.1) is 0 Å². The average Bonchev–Trinajstić information content (AvgIpc) is 3.15. The Morgan fingerprint density at radius 3 is 1.17 bits per heavy atom. The van der Waals surface area contributed by atoms with Crippen molar-refractivity contribution >= 4 is 114 Å². The molecule has 0 saturated carbocycles. The Bertz CT molecular complexity index is 3770. The van der Waals surface area contributed by atoms with Crippen LogP contribution < -0.4 is 186 Å². The van der Waals surface area contributed by atoms with Gasteiger partial charge in [0.25, 0.3) is 20.2 Å². The molecule has 0 atom stereocenters. The van der Waals surface area contributed by atoms with Gasteiger partial charge >= 0.3 is 148 Å². The van der Waals surface area contributed by atoms with Crippen LogP contribution in [-0.4, -0.2) is 87.8 Å². The molecule has 338 valence electrons. The van der Waals surface area contributed by atoms with Crippen molar-refractivity contribution < 1.29 is 220 Å². The van der Waals surface area contributed by atoms with Crippen LogP contribution >= 0.6 is 23.2 Å². The van der Waals surface area contributed by atoms with Crippen LogP contribution in [0.4, 0.5) is 22.7 Å². The zero-order valence-corrected chi connectivity index (χ0v) is 50.8. The molecule has 0 aliphatic heterocycles. The van der Waals surface area contributed by atoms with Gasteiger partial charge in [-0.3, -0.25) is 19.1 Å². The van der Waals surface area contributed by atoms with E-state index in [0.717, 1.165) is 30.3 Å². The van der Waals surface area contributed by atoms with Gasteiger partial charge in [-0.05, 0) is 111 Å². The molecular weight excluding hydrogens is 1110 g/mol. The van der Waals surface area contributed by atoms with Gasteiger partial charge in [0.15, 0.2) is 0 Å². The summed E-state index contributed by atoms with van der Waals surface area (Å²) >= 11 is 12.3. The van der Waals surface area contributed by atoms with Gasteiger partial charge in [0.05, 0.1) is 48.3 Å². The molecule has 7 rings (SSSR count). The van der Waals surface area contributed by atoms with Crippen molar-refractivity contribution in [1.82, 2.24) is 29.9 Å². The summed E-state index contributed by atoms with van der Waals surface area (Å²) in [6.45, 7) is 0. The minimum atomic E-state index is -5.26. The first-order valence-electron chi connectivity index (χ1n) is 16.8. The third-order valence-corrected chi connectivity index (χ3v) is 12.1. The van der Waals surface area contributed by atoms with E-state index in [4.69, 9.17) is 23.2 Å². The number of carbonyl (C=O) groups is 1. The van der Waals surface area contributed by atoms with Crippen LogP contribution in [0.15, 0.2) is 106 Å². The number of H-pyrrole nitrogens is 4. The molecule has 6 N–H and O–H groups in total. The van der Waals surface area contributed by atoms with Crippen LogP contribution in [0.25, 0.3) is 21.5 Å². The number of carbonyl (C=O) groups excluding carboxylic acids is 1. The number of aromatic nitrogens is 6. The molecule has 26 nitrogen and oxygen atoms in total. The number of benzene rings is 5. The second kappa shape index (κ2) is 24.7. The van der Waals surface area contributed by atoms with E-state index in [0.29, 0.717) is 36.4 Å².